The molecule has 11 aromatic carbocycles. The van der Waals surface area contributed by atoms with Crippen LogP contribution in [-0.2, 0) is 0 Å². The normalized spacial score (nSPS) is 11.4. The van der Waals surface area contributed by atoms with Gasteiger partial charge in [-0.2, -0.15) is 0 Å². The largest absolute Gasteiger partial charge is 0.311 e. The lowest BCUT2D eigenvalue weighted by Crippen LogP contribution is -2.10. The van der Waals surface area contributed by atoms with E-state index in [0.29, 0.717) is 0 Å². The van der Waals surface area contributed by atoms with E-state index in [9.17, 15) is 0 Å². The molecular weight excluding hydrogens is 773 g/mol. The molecule has 0 fully saturated rings. The number of benzene rings is 11. The minimum Gasteiger partial charge on any atom is -0.311 e. The standard InChI is InChI=1S/C62H42N2/c1-3-11-51-41-53(27-25-43(51)9-1)49-21-17-45(18-22-49)47-29-33-55(34-30-47)63(57-37-39-58(40-38-57)64-61-15-7-5-13-59(61)60-14-6-8-16-62(60)64)56-35-31-48(32-36-56)46-19-23-50(24-20-46)54-28-26-44-10-2-4-12-52(44)42-54/h1-42H. The van der Waals surface area contributed by atoms with Gasteiger partial charge >= 0.3 is 0 Å². The summed E-state index contributed by atoms with van der Waals surface area (Å²) >= 11 is 0. The Morgan fingerprint density at radius 3 is 0.938 bits per heavy atom. The molecule has 0 atom stereocenters. The topological polar surface area (TPSA) is 8.17 Å². The van der Waals surface area contributed by atoms with Gasteiger partial charge in [0.1, 0.15) is 0 Å². The van der Waals surface area contributed by atoms with Crippen molar-refractivity contribution < 1.29 is 0 Å². The van der Waals surface area contributed by atoms with Crippen LogP contribution in [0.4, 0.5) is 17.1 Å². The lowest BCUT2D eigenvalue weighted by Gasteiger charge is -2.26. The van der Waals surface area contributed by atoms with Crippen molar-refractivity contribution in [2.45, 2.75) is 0 Å². The smallest absolute Gasteiger partial charge is 0.0541 e. The van der Waals surface area contributed by atoms with E-state index in [1.165, 1.54) is 87.9 Å². The Morgan fingerprint density at radius 1 is 0.234 bits per heavy atom. The molecule has 1 heterocycles. The summed E-state index contributed by atoms with van der Waals surface area (Å²) in [7, 11) is 0. The van der Waals surface area contributed by atoms with Crippen LogP contribution in [0.3, 0.4) is 0 Å². The second-order valence-corrected chi connectivity index (χ2v) is 16.6. The quantitative estimate of drug-likeness (QED) is 0.148. The van der Waals surface area contributed by atoms with Crippen LogP contribution in [0, 0.1) is 0 Å². The zero-order chi connectivity index (χ0) is 42.4. The Balaban J connectivity index is 0.874. The molecule has 1 aromatic heterocycles. The Hall–Kier alpha value is -8.46. The summed E-state index contributed by atoms with van der Waals surface area (Å²) in [5, 5.41) is 7.55. The van der Waals surface area contributed by atoms with Crippen LogP contribution in [0.5, 0.6) is 0 Å². The fourth-order valence-corrected chi connectivity index (χ4v) is 9.45. The van der Waals surface area contributed by atoms with Gasteiger partial charge in [0.25, 0.3) is 0 Å². The first-order valence-corrected chi connectivity index (χ1v) is 22.0. The van der Waals surface area contributed by atoms with Crippen LogP contribution >= 0.6 is 0 Å². The number of aromatic nitrogens is 1. The molecule has 0 aliphatic heterocycles. The molecule has 0 radical (unpaired) electrons. The summed E-state index contributed by atoms with van der Waals surface area (Å²) in [4.78, 5) is 2.36. The Bertz CT molecular complexity index is 3400. The van der Waals surface area contributed by atoms with E-state index in [1.807, 2.05) is 0 Å². The first-order valence-electron chi connectivity index (χ1n) is 22.0. The Labute approximate surface area is 373 Å². The first kappa shape index (κ1) is 37.3. The molecule has 0 saturated heterocycles. The Kier molecular flexibility index (Phi) is 9.20. The second-order valence-electron chi connectivity index (χ2n) is 16.6. The molecule has 0 bridgehead atoms. The molecule has 300 valence electrons. The zero-order valence-electron chi connectivity index (χ0n) is 35.1. The molecule has 0 aliphatic carbocycles. The molecule has 0 saturated carbocycles. The third-order valence-corrected chi connectivity index (χ3v) is 12.8. The van der Waals surface area contributed by atoms with Crippen molar-refractivity contribution in [3.63, 3.8) is 0 Å². The van der Waals surface area contributed by atoms with E-state index in [-0.39, 0.29) is 0 Å². The van der Waals surface area contributed by atoms with Crippen LogP contribution in [-0.4, -0.2) is 4.57 Å². The van der Waals surface area contributed by atoms with Crippen molar-refractivity contribution in [2.75, 3.05) is 4.90 Å². The maximum Gasteiger partial charge on any atom is 0.0541 e. The number of para-hydroxylation sites is 2. The van der Waals surface area contributed by atoms with E-state index in [4.69, 9.17) is 0 Å². The van der Waals surface area contributed by atoms with Crippen LogP contribution < -0.4 is 4.90 Å². The van der Waals surface area contributed by atoms with Crippen LogP contribution in [0.2, 0.25) is 0 Å². The SMILES string of the molecule is c1ccc2cc(-c3ccc(-c4ccc(N(c5ccc(-c6ccc(-c7ccc8ccccc8c7)cc6)cc5)c5ccc(-n6c7ccccc7c7ccccc76)cc5)cc4)cc3)ccc2c1. The molecular formula is C62H42N2. The number of rotatable bonds is 8. The maximum absolute atomic E-state index is 2.37. The van der Waals surface area contributed by atoms with Gasteiger partial charge < -0.3 is 9.47 Å². The van der Waals surface area contributed by atoms with E-state index in [1.54, 1.807) is 0 Å². The Morgan fingerprint density at radius 2 is 0.531 bits per heavy atom. The highest BCUT2D eigenvalue weighted by atomic mass is 15.1. The van der Waals surface area contributed by atoms with Crippen molar-refractivity contribution in [2.24, 2.45) is 0 Å². The van der Waals surface area contributed by atoms with Crippen molar-refractivity contribution in [3.8, 4) is 50.2 Å². The maximum atomic E-state index is 2.37. The number of hydrogen-bond donors (Lipinski definition) is 0. The molecule has 0 aliphatic rings. The molecule has 0 N–H and O–H groups in total. The lowest BCUT2D eigenvalue weighted by molar-refractivity contribution is 1.17. The van der Waals surface area contributed by atoms with E-state index >= 15 is 0 Å². The van der Waals surface area contributed by atoms with Gasteiger partial charge in [-0.05, 0) is 139 Å². The van der Waals surface area contributed by atoms with E-state index in [2.05, 4.69) is 264 Å². The molecule has 12 rings (SSSR count). The number of hydrogen-bond acceptors (Lipinski definition) is 1. The van der Waals surface area contributed by atoms with Gasteiger partial charge in [0, 0.05) is 33.5 Å². The zero-order valence-corrected chi connectivity index (χ0v) is 35.1. The second kappa shape index (κ2) is 15.8. The number of fused-ring (bicyclic) bond motifs is 5. The third-order valence-electron chi connectivity index (χ3n) is 12.8. The van der Waals surface area contributed by atoms with Crippen molar-refractivity contribution in [1.29, 1.82) is 0 Å². The van der Waals surface area contributed by atoms with Crippen LogP contribution in [0.25, 0.3) is 93.5 Å². The lowest BCUT2D eigenvalue weighted by atomic mass is 9.98. The fraction of sp³-hybridized carbons (Fsp3) is 0. The summed E-state index contributed by atoms with van der Waals surface area (Å²) in [5.74, 6) is 0. The summed E-state index contributed by atoms with van der Waals surface area (Å²) in [6.45, 7) is 0. The van der Waals surface area contributed by atoms with E-state index in [0.717, 1.165) is 22.7 Å². The van der Waals surface area contributed by atoms with Gasteiger partial charge in [-0.3, -0.25) is 0 Å². The first-order chi connectivity index (χ1) is 31.7. The van der Waals surface area contributed by atoms with Gasteiger partial charge in [0.2, 0.25) is 0 Å². The minimum absolute atomic E-state index is 1.09. The molecule has 2 nitrogen and oxygen atoms in total. The monoisotopic (exact) mass is 814 g/mol. The predicted molar refractivity (Wildman–Crippen MR) is 272 cm³/mol. The van der Waals surface area contributed by atoms with E-state index < -0.39 is 0 Å². The highest BCUT2D eigenvalue weighted by Crippen LogP contribution is 2.39. The average molecular weight is 815 g/mol. The molecule has 0 amide bonds. The summed E-state index contributed by atoms with van der Waals surface area (Å²) < 4.78 is 2.37. The molecule has 12 aromatic rings. The van der Waals surface area contributed by atoms with Crippen molar-refractivity contribution >= 4 is 60.4 Å². The third kappa shape index (κ3) is 6.79. The fourth-order valence-electron chi connectivity index (χ4n) is 9.45. The van der Waals surface area contributed by atoms with Crippen LogP contribution in [0.1, 0.15) is 0 Å². The molecule has 64 heavy (non-hydrogen) atoms. The minimum atomic E-state index is 1.09. The van der Waals surface area contributed by atoms with Gasteiger partial charge in [0.15, 0.2) is 0 Å². The van der Waals surface area contributed by atoms with Gasteiger partial charge in [-0.25, -0.2) is 0 Å². The molecule has 2 heteroatoms. The van der Waals surface area contributed by atoms with Gasteiger partial charge in [0.05, 0.1) is 11.0 Å². The van der Waals surface area contributed by atoms with Gasteiger partial charge in [-0.1, -0.05) is 182 Å². The molecule has 0 spiro atoms. The number of anilines is 3. The summed E-state index contributed by atoms with van der Waals surface area (Å²) in [6, 6.07) is 92.6. The predicted octanol–water partition coefficient (Wildman–Crippen LogP) is 17.2. The highest BCUT2D eigenvalue weighted by molar-refractivity contribution is 6.09. The van der Waals surface area contributed by atoms with Gasteiger partial charge in [-0.15, -0.1) is 0 Å². The van der Waals surface area contributed by atoms with Crippen molar-refractivity contribution in [1.82, 2.24) is 4.57 Å². The molecule has 0 unspecified atom stereocenters. The summed E-state index contributed by atoms with van der Waals surface area (Å²) in [6.07, 6.45) is 0. The van der Waals surface area contributed by atoms with Crippen molar-refractivity contribution in [3.05, 3.63) is 255 Å². The summed E-state index contributed by atoms with van der Waals surface area (Å²) in [5.41, 5.74) is 16.4. The highest BCUT2D eigenvalue weighted by Gasteiger charge is 2.16. The van der Waals surface area contributed by atoms with Crippen LogP contribution in [0.15, 0.2) is 255 Å². The number of nitrogens with zero attached hydrogens (tertiary/aromatic N) is 2. The average Bonchev–Trinajstić information content (AvgIpc) is 3.71.